The van der Waals surface area contributed by atoms with Crippen LogP contribution in [0, 0.1) is 11.3 Å². The van der Waals surface area contributed by atoms with Crippen molar-refractivity contribution < 1.29 is 9.84 Å². The Kier molecular flexibility index (Phi) is 4.16. The number of hydrogen-bond acceptors (Lipinski definition) is 4. The van der Waals surface area contributed by atoms with E-state index in [0.717, 1.165) is 19.4 Å². The summed E-state index contributed by atoms with van der Waals surface area (Å²) in [4.78, 5) is 2.02. The largest absolute Gasteiger partial charge is 0.389 e. The first-order valence-corrected chi connectivity index (χ1v) is 4.58. The van der Waals surface area contributed by atoms with Crippen molar-refractivity contribution >= 4 is 0 Å². The molecule has 0 radical (unpaired) electrons. The topological polar surface area (TPSA) is 56.5 Å². The SMILES string of the molecule is COCC(O)CN1CCCC1C#N. The molecule has 4 heteroatoms. The fourth-order valence-electron chi connectivity index (χ4n) is 1.71. The molecule has 1 saturated heterocycles. The van der Waals surface area contributed by atoms with Crippen LogP contribution in [0.5, 0.6) is 0 Å². The van der Waals surface area contributed by atoms with Gasteiger partial charge >= 0.3 is 0 Å². The number of rotatable bonds is 4. The molecule has 2 unspecified atom stereocenters. The number of β-amino-alcohol motifs (C(OH)–C–C–N with tert-alkyl or cyclic N) is 1. The van der Waals surface area contributed by atoms with Gasteiger partial charge in [0, 0.05) is 13.7 Å². The Morgan fingerprint density at radius 3 is 3.15 bits per heavy atom. The average molecular weight is 184 g/mol. The van der Waals surface area contributed by atoms with E-state index >= 15 is 0 Å². The minimum atomic E-state index is -0.473. The molecule has 1 heterocycles. The summed E-state index contributed by atoms with van der Waals surface area (Å²) >= 11 is 0. The van der Waals surface area contributed by atoms with Gasteiger partial charge in [0.25, 0.3) is 0 Å². The summed E-state index contributed by atoms with van der Waals surface area (Å²) < 4.78 is 4.82. The third kappa shape index (κ3) is 2.96. The molecule has 0 aromatic rings. The van der Waals surface area contributed by atoms with E-state index in [-0.39, 0.29) is 6.04 Å². The van der Waals surface area contributed by atoms with Crippen LogP contribution in [0.3, 0.4) is 0 Å². The second-order valence-corrected chi connectivity index (χ2v) is 3.39. The van der Waals surface area contributed by atoms with E-state index in [1.807, 2.05) is 4.90 Å². The summed E-state index contributed by atoms with van der Waals surface area (Å²) in [5, 5.41) is 18.2. The lowest BCUT2D eigenvalue weighted by Crippen LogP contribution is -2.37. The van der Waals surface area contributed by atoms with Crippen molar-refractivity contribution in [2.45, 2.75) is 25.0 Å². The van der Waals surface area contributed by atoms with Gasteiger partial charge in [0.15, 0.2) is 0 Å². The molecule has 13 heavy (non-hydrogen) atoms. The van der Waals surface area contributed by atoms with Crippen LogP contribution in [-0.4, -0.2) is 49.0 Å². The Morgan fingerprint density at radius 2 is 2.54 bits per heavy atom. The maximum atomic E-state index is 9.45. The monoisotopic (exact) mass is 184 g/mol. The van der Waals surface area contributed by atoms with Gasteiger partial charge in [-0.1, -0.05) is 0 Å². The number of ether oxygens (including phenoxy) is 1. The molecule has 2 atom stereocenters. The Bertz CT molecular complexity index is 191. The highest BCUT2D eigenvalue weighted by atomic mass is 16.5. The predicted molar refractivity (Wildman–Crippen MR) is 48.1 cm³/mol. The van der Waals surface area contributed by atoms with Gasteiger partial charge in [0.2, 0.25) is 0 Å². The van der Waals surface area contributed by atoms with E-state index in [0.29, 0.717) is 13.2 Å². The third-order valence-corrected chi connectivity index (χ3v) is 2.32. The van der Waals surface area contributed by atoms with Crippen molar-refractivity contribution in [2.75, 3.05) is 26.8 Å². The molecule has 0 saturated carbocycles. The molecular formula is C9H16N2O2. The van der Waals surface area contributed by atoms with E-state index in [2.05, 4.69) is 6.07 Å². The molecule has 1 rings (SSSR count). The number of aliphatic hydroxyl groups is 1. The molecule has 0 spiro atoms. The van der Waals surface area contributed by atoms with E-state index in [4.69, 9.17) is 10.00 Å². The Labute approximate surface area is 78.7 Å². The van der Waals surface area contributed by atoms with Crippen molar-refractivity contribution in [3.05, 3.63) is 0 Å². The fourth-order valence-corrected chi connectivity index (χ4v) is 1.71. The van der Waals surface area contributed by atoms with Gasteiger partial charge in [-0.15, -0.1) is 0 Å². The Morgan fingerprint density at radius 1 is 1.77 bits per heavy atom. The van der Waals surface area contributed by atoms with Gasteiger partial charge in [-0.2, -0.15) is 5.26 Å². The molecule has 0 aromatic carbocycles. The lowest BCUT2D eigenvalue weighted by Gasteiger charge is -2.21. The van der Waals surface area contributed by atoms with Gasteiger partial charge < -0.3 is 9.84 Å². The van der Waals surface area contributed by atoms with Crippen LogP contribution < -0.4 is 0 Å². The van der Waals surface area contributed by atoms with E-state index in [9.17, 15) is 5.11 Å². The van der Waals surface area contributed by atoms with Crippen LogP contribution in [-0.2, 0) is 4.74 Å². The minimum Gasteiger partial charge on any atom is -0.389 e. The second-order valence-electron chi connectivity index (χ2n) is 3.39. The van der Waals surface area contributed by atoms with Crippen LogP contribution in [0.15, 0.2) is 0 Å². The van der Waals surface area contributed by atoms with Crippen molar-refractivity contribution in [3.8, 4) is 6.07 Å². The van der Waals surface area contributed by atoms with E-state index < -0.39 is 6.10 Å². The summed E-state index contributed by atoms with van der Waals surface area (Å²) in [5.41, 5.74) is 0. The molecule has 1 N–H and O–H groups in total. The van der Waals surface area contributed by atoms with Crippen molar-refractivity contribution in [3.63, 3.8) is 0 Å². The molecule has 1 fully saturated rings. The summed E-state index contributed by atoms with van der Waals surface area (Å²) in [5.74, 6) is 0. The first-order chi connectivity index (χ1) is 6.27. The van der Waals surface area contributed by atoms with Gasteiger partial charge in [-0.3, -0.25) is 4.90 Å². The maximum absolute atomic E-state index is 9.45. The van der Waals surface area contributed by atoms with Crippen LogP contribution in [0.2, 0.25) is 0 Å². The molecule has 0 amide bonds. The summed E-state index contributed by atoms with van der Waals surface area (Å²) in [6, 6.07) is 2.23. The molecule has 0 bridgehead atoms. The normalized spacial score (nSPS) is 25.8. The Balaban J connectivity index is 2.31. The lowest BCUT2D eigenvalue weighted by atomic mass is 10.2. The molecule has 1 aliphatic rings. The molecular weight excluding hydrogens is 168 g/mol. The quantitative estimate of drug-likeness (QED) is 0.667. The standard InChI is InChI=1S/C9H16N2O2/c1-13-7-9(12)6-11-4-2-3-8(11)5-10/h8-9,12H,2-4,6-7H2,1H3. The maximum Gasteiger partial charge on any atom is 0.0979 e. The minimum absolute atomic E-state index is 0.00786. The zero-order valence-corrected chi connectivity index (χ0v) is 7.94. The summed E-state index contributed by atoms with van der Waals surface area (Å²) in [6.45, 7) is 1.81. The smallest absolute Gasteiger partial charge is 0.0979 e. The first-order valence-electron chi connectivity index (χ1n) is 4.58. The van der Waals surface area contributed by atoms with Crippen LogP contribution >= 0.6 is 0 Å². The molecule has 1 aliphatic heterocycles. The lowest BCUT2D eigenvalue weighted by molar-refractivity contribution is 0.0388. The highest BCUT2D eigenvalue weighted by Crippen LogP contribution is 2.16. The third-order valence-electron chi connectivity index (χ3n) is 2.32. The van der Waals surface area contributed by atoms with Crippen molar-refractivity contribution in [1.29, 1.82) is 5.26 Å². The number of nitrogens with zero attached hydrogens (tertiary/aromatic N) is 2. The summed E-state index contributed by atoms with van der Waals surface area (Å²) in [7, 11) is 1.56. The van der Waals surface area contributed by atoms with Crippen LogP contribution in [0.25, 0.3) is 0 Å². The highest BCUT2D eigenvalue weighted by molar-refractivity contribution is 4.96. The van der Waals surface area contributed by atoms with Gasteiger partial charge in [0.1, 0.15) is 0 Å². The summed E-state index contributed by atoms with van der Waals surface area (Å²) in [6.07, 6.45) is 1.51. The Hall–Kier alpha value is -0.630. The van der Waals surface area contributed by atoms with Gasteiger partial charge in [-0.25, -0.2) is 0 Å². The van der Waals surface area contributed by atoms with Crippen molar-refractivity contribution in [1.82, 2.24) is 4.90 Å². The number of hydrogen-bond donors (Lipinski definition) is 1. The van der Waals surface area contributed by atoms with Crippen LogP contribution in [0.1, 0.15) is 12.8 Å². The zero-order valence-electron chi connectivity index (χ0n) is 7.94. The zero-order chi connectivity index (χ0) is 9.68. The van der Waals surface area contributed by atoms with Crippen molar-refractivity contribution in [2.24, 2.45) is 0 Å². The van der Waals surface area contributed by atoms with E-state index in [1.54, 1.807) is 7.11 Å². The highest BCUT2D eigenvalue weighted by Gasteiger charge is 2.25. The number of methoxy groups -OCH3 is 1. The molecule has 4 nitrogen and oxygen atoms in total. The molecule has 0 aromatic heterocycles. The molecule has 0 aliphatic carbocycles. The van der Waals surface area contributed by atoms with E-state index in [1.165, 1.54) is 0 Å². The first kappa shape index (κ1) is 10.5. The van der Waals surface area contributed by atoms with Gasteiger partial charge in [0.05, 0.1) is 24.8 Å². The molecule has 74 valence electrons. The fraction of sp³-hybridized carbons (Fsp3) is 0.889. The predicted octanol–water partition coefficient (Wildman–Crippen LogP) is -0.0183. The van der Waals surface area contributed by atoms with Crippen LogP contribution in [0.4, 0.5) is 0 Å². The average Bonchev–Trinajstić information content (AvgIpc) is 2.52. The second kappa shape index (κ2) is 5.18. The van der Waals surface area contributed by atoms with Gasteiger partial charge in [-0.05, 0) is 19.4 Å². The number of likely N-dealkylation sites (tertiary alicyclic amines) is 1. The number of aliphatic hydroxyl groups excluding tert-OH is 1. The number of nitriles is 1.